The molecule has 1 heterocycles. The summed E-state index contributed by atoms with van der Waals surface area (Å²) in [7, 11) is 1.67. The number of aromatic nitrogens is 2. The summed E-state index contributed by atoms with van der Waals surface area (Å²) in [5, 5.41) is 12.4. The van der Waals surface area contributed by atoms with Gasteiger partial charge in [-0.1, -0.05) is 18.2 Å². The minimum atomic E-state index is 0.588. The first-order chi connectivity index (χ1) is 11.3. The third kappa shape index (κ3) is 3.43. The Morgan fingerprint density at radius 3 is 2.78 bits per heavy atom. The minimum absolute atomic E-state index is 0.588. The van der Waals surface area contributed by atoms with Crippen molar-refractivity contribution in [2.75, 3.05) is 19.0 Å². The smallest absolute Gasteiger partial charge is 0.201 e. The molecule has 0 saturated carbocycles. The molecule has 0 amide bonds. The molecule has 3 rings (SSSR count). The topological polar surface area (TPSA) is 73.7 Å². The Morgan fingerprint density at radius 2 is 2.04 bits per heavy atom. The summed E-state index contributed by atoms with van der Waals surface area (Å²) in [5.41, 5.74) is 3.46. The molecule has 0 aliphatic carbocycles. The molecule has 0 saturated heterocycles. The molecule has 116 valence electrons. The van der Waals surface area contributed by atoms with E-state index in [1.165, 1.54) is 5.56 Å². The van der Waals surface area contributed by atoms with Gasteiger partial charge in [0.25, 0.3) is 0 Å². The van der Waals surface area contributed by atoms with Crippen LogP contribution in [0.15, 0.2) is 42.5 Å². The van der Waals surface area contributed by atoms with E-state index in [1.54, 1.807) is 13.2 Å². The summed E-state index contributed by atoms with van der Waals surface area (Å²) in [6.07, 6.45) is 1.98. The van der Waals surface area contributed by atoms with Crippen LogP contribution in [0.25, 0.3) is 11.0 Å². The van der Waals surface area contributed by atoms with Crippen LogP contribution in [-0.4, -0.2) is 23.6 Å². The Labute approximate surface area is 134 Å². The van der Waals surface area contributed by atoms with Crippen LogP contribution >= 0.6 is 0 Å². The minimum Gasteiger partial charge on any atom is -0.497 e. The number of ether oxygens (including phenoxy) is 1. The fourth-order valence-corrected chi connectivity index (χ4v) is 2.50. The number of H-pyrrole nitrogens is 1. The van der Waals surface area contributed by atoms with E-state index < -0.39 is 0 Å². The van der Waals surface area contributed by atoms with E-state index in [0.717, 1.165) is 30.7 Å². The second-order valence-corrected chi connectivity index (χ2v) is 5.28. The van der Waals surface area contributed by atoms with Gasteiger partial charge in [-0.05, 0) is 42.7 Å². The lowest BCUT2D eigenvalue weighted by molar-refractivity contribution is 0.414. The summed E-state index contributed by atoms with van der Waals surface area (Å²) >= 11 is 0. The van der Waals surface area contributed by atoms with Crippen LogP contribution < -0.4 is 10.1 Å². The van der Waals surface area contributed by atoms with E-state index in [2.05, 4.69) is 33.5 Å². The van der Waals surface area contributed by atoms with Crippen molar-refractivity contribution in [2.45, 2.75) is 12.8 Å². The van der Waals surface area contributed by atoms with Crippen molar-refractivity contribution < 1.29 is 4.74 Å². The molecule has 2 N–H and O–H groups in total. The van der Waals surface area contributed by atoms with Crippen LogP contribution in [0.3, 0.4) is 0 Å². The molecule has 0 unspecified atom stereocenters. The number of nitrogens with one attached hydrogen (secondary N) is 2. The molecule has 0 radical (unpaired) electrons. The van der Waals surface area contributed by atoms with Crippen molar-refractivity contribution >= 4 is 17.0 Å². The third-order valence-corrected chi connectivity index (χ3v) is 3.73. The van der Waals surface area contributed by atoms with Crippen molar-refractivity contribution in [3.05, 3.63) is 53.6 Å². The molecule has 2 aromatic carbocycles. The molecule has 0 atom stereocenters. The van der Waals surface area contributed by atoms with Gasteiger partial charge < -0.3 is 15.0 Å². The number of imidazole rings is 1. The molecule has 3 aromatic rings. The highest BCUT2D eigenvalue weighted by Gasteiger charge is 2.06. The first-order valence-corrected chi connectivity index (χ1v) is 7.56. The fraction of sp³-hybridized carbons (Fsp3) is 0.222. The molecular formula is C18H18N4O. The van der Waals surface area contributed by atoms with E-state index in [9.17, 15) is 0 Å². The quantitative estimate of drug-likeness (QED) is 0.684. The maximum absolute atomic E-state index is 9.09. The summed E-state index contributed by atoms with van der Waals surface area (Å²) in [6, 6.07) is 15.8. The molecule has 5 heteroatoms. The number of para-hydroxylation sites is 1. The van der Waals surface area contributed by atoms with E-state index in [-0.39, 0.29) is 0 Å². The zero-order valence-electron chi connectivity index (χ0n) is 13.0. The van der Waals surface area contributed by atoms with E-state index in [4.69, 9.17) is 10.00 Å². The number of fused-ring (bicyclic) bond motifs is 1. The number of anilines is 1. The predicted molar refractivity (Wildman–Crippen MR) is 90.6 cm³/mol. The van der Waals surface area contributed by atoms with Crippen LogP contribution in [0, 0.1) is 11.3 Å². The molecular weight excluding hydrogens is 288 g/mol. The van der Waals surface area contributed by atoms with Gasteiger partial charge in [0.1, 0.15) is 17.3 Å². The first kappa shape index (κ1) is 14.9. The largest absolute Gasteiger partial charge is 0.497 e. The van der Waals surface area contributed by atoms with Crippen LogP contribution in [-0.2, 0) is 6.42 Å². The van der Waals surface area contributed by atoms with Crippen molar-refractivity contribution in [1.29, 1.82) is 5.26 Å². The average molecular weight is 306 g/mol. The molecule has 0 aliphatic heterocycles. The molecule has 0 spiro atoms. The zero-order valence-corrected chi connectivity index (χ0v) is 13.0. The second kappa shape index (κ2) is 6.84. The van der Waals surface area contributed by atoms with Crippen molar-refractivity contribution in [3.8, 4) is 11.8 Å². The highest BCUT2D eigenvalue weighted by atomic mass is 16.5. The number of hydrogen-bond donors (Lipinski definition) is 2. The Hall–Kier alpha value is -3.00. The summed E-state index contributed by atoms with van der Waals surface area (Å²) in [5.74, 6) is 1.58. The van der Waals surface area contributed by atoms with Crippen molar-refractivity contribution in [2.24, 2.45) is 0 Å². The monoisotopic (exact) mass is 306 g/mol. The van der Waals surface area contributed by atoms with Crippen molar-refractivity contribution in [1.82, 2.24) is 9.97 Å². The van der Waals surface area contributed by atoms with Crippen LogP contribution in [0.1, 0.15) is 17.5 Å². The molecule has 1 aromatic heterocycles. The van der Waals surface area contributed by atoms with Gasteiger partial charge in [0.15, 0.2) is 0 Å². The fourth-order valence-electron chi connectivity index (χ4n) is 2.50. The summed E-state index contributed by atoms with van der Waals surface area (Å²) in [4.78, 5) is 7.64. The van der Waals surface area contributed by atoms with Gasteiger partial charge in [0.2, 0.25) is 5.95 Å². The first-order valence-electron chi connectivity index (χ1n) is 7.56. The maximum atomic E-state index is 9.09. The standard InChI is InChI=1S/C18H18N4O/c1-23-15-9-7-13(8-10-15)4-3-11-20-18-21-16-6-2-5-14(12-19)17(16)22-18/h2,5-10H,3-4,11H2,1H3,(H2,20,21,22). The molecule has 0 aliphatic rings. The third-order valence-electron chi connectivity index (χ3n) is 3.73. The highest BCUT2D eigenvalue weighted by Crippen LogP contribution is 2.18. The van der Waals surface area contributed by atoms with Gasteiger partial charge in [-0.2, -0.15) is 5.26 Å². The Bertz CT molecular complexity index is 830. The lowest BCUT2D eigenvalue weighted by atomic mass is 10.1. The van der Waals surface area contributed by atoms with Gasteiger partial charge in [0.05, 0.1) is 18.2 Å². The maximum Gasteiger partial charge on any atom is 0.201 e. The number of benzene rings is 2. The zero-order chi connectivity index (χ0) is 16.1. The van der Waals surface area contributed by atoms with E-state index in [0.29, 0.717) is 17.0 Å². The Kier molecular flexibility index (Phi) is 4.44. The summed E-state index contributed by atoms with van der Waals surface area (Å²) in [6.45, 7) is 0.813. The number of nitriles is 1. The Balaban J connectivity index is 1.55. The number of nitrogens with zero attached hydrogens (tertiary/aromatic N) is 2. The van der Waals surface area contributed by atoms with Gasteiger partial charge in [0, 0.05) is 6.54 Å². The van der Waals surface area contributed by atoms with Gasteiger partial charge in [-0.3, -0.25) is 0 Å². The van der Waals surface area contributed by atoms with Crippen LogP contribution in [0.4, 0.5) is 5.95 Å². The van der Waals surface area contributed by atoms with E-state index in [1.807, 2.05) is 24.3 Å². The van der Waals surface area contributed by atoms with Crippen LogP contribution in [0.2, 0.25) is 0 Å². The van der Waals surface area contributed by atoms with Gasteiger partial charge in [-0.25, -0.2) is 4.98 Å². The number of rotatable bonds is 6. The number of aromatic amines is 1. The normalized spacial score (nSPS) is 10.4. The van der Waals surface area contributed by atoms with Gasteiger partial charge in [-0.15, -0.1) is 0 Å². The molecule has 0 fully saturated rings. The lowest BCUT2D eigenvalue weighted by Crippen LogP contribution is -2.04. The number of methoxy groups -OCH3 is 1. The second-order valence-electron chi connectivity index (χ2n) is 5.28. The lowest BCUT2D eigenvalue weighted by Gasteiger charge is -2.04. The summed E-state index contributed by atoms with van der Waals surface area (Å²) < 4.78 is 5.15. The SMILES string of the molecule is COc1ccc(CCCNc2nc3c(C#N)cccc3[nH]2)cc1. The number of hydrogen-bond acceptors (Lipinski definition) is 4. The average Bonchev–Trinajstić information content (AvgIpc) is 3.02. The van der Waals surface area contributed by atoms with Gasteiger partial charge >= 0.3 is 0 Å². The highest BCUT2D eigenvalue weighted by molar-refractivity contribution is 5.83. The molecule has 5 nitrogen and oxygen atoms in total. The predicted octanol–water partition coefficient (Wildman–Crippen LogP) is 3.49. The van der Waals surface area contributed by atoms with Crippen molar-refractivity contribution in [3.63, 3.8) is 0 Å². The number of aryl methyl sites for hydroxylation is 1. The van der Waals surface area contributed by atoms with Crippen LogP contribution in [0.5, 0.6) is 5.75 Å². The van der Waals surface area contributed by atoms with E-state index >= 15 is 0 Å². The molecule has 0 bridgehead atoms. The molecule has 23 heavy (non-hydrogen) atoms. The Morgan fingerprint density at radius 1 is 1.22 bits per heavy atom.